The third kappa shape index (κ3) is 2.07. The van der Waals surface area contributed by atoms with Crippen LogP contribution in [0.1, 0.15) is 24.0 Å². The zero-order valence-electron chi connectivity index (χ0n) is 10.00. The molecule has 3 rings (SSSR count). The second-order valence-electron chi connectivity index (χ2n) is 5.11. The van der Waals surface area contributed by atoms with Gasteiger partial charge in [0, 0.05) is 25.3 Å². The first-order valence-corrected chi connectivity index (χ1v) is 6.39. The van der Waals surface area contributed by atoms with Gasteiger partial charge >= 0.3 is 0 Å². The van der Waals surface area contributed by atoms with Crippen molar-refractivity contribution in [1.82, 2.24) is 5.32 Å². The molecule has 0 amide bonds. The van der Waals surface area contributed by atoms with E-state index >= 15 is 0 Å². The van der Waals surface area contributed by atoms with Crippen LogP contribution in [0.3, 0.4) is 0 Å². The lowest BCUT2D eigenvalue weighted by Gasteiger charge is -2.12. The van der Waals surface area contributed by atoms with Crippen molar-refractivity contribution < 1.29 is 0 Å². The van der Waals surface area contributed by atoms with E-state index in [4.69, 9.17) is 0 Å². The lowest BCUT2D eigenvalue weighted by molar-refractivity contribution is 0.682. The Hall–Kier alpha value is -1.02. The number of anilines is 1. The molecule has 16 heavy (non-hydrogen) atoms. The fourth-order valence-corrected chi connectivity index (χ4v) is 2.48. The van der Waals surface area contributed by atoms with Crippen LogP contribution in [0.15, 0.2) is 18.2 Å². The molecule has 1 saturated carbocycles. The first-order chi connectivity index (χ1) is 7.83. The van der Waals surface area contributed by atoms with E-state index in [0.717, 1.165) is 12.6 Å². The quantitative estimate of drug-likeness (QED) is 0.828. The van der Waals surface area contributed by atoms with Gasteiger partial charge in [-0.25, -0.2) is 0 Å². The summed E-state index contributed by atoms with van der Waals surface area (Å²) in [5.41, 5.74) is 4.45. The summed E-state index contributed by atoms with van der Waals surface area (Å²) in [6.45, 7) is 2.32. The van der Waals surface area contributed by atoms with Gasteiger partial charge in [-0.15, -0.1) is 0 Å². The second kappa shape index (κ2) is 4.10. The molecule has 1 aliphatic heterocycles. The Kier molecular flexibility index (Phi) is 2.60. The fourth-order valence-electron chi connectivity index (χ4n) is 2.48. The first-order valence-electron chi connectivity index (χ1n) is 6.39. The maximum atomic E-state index is 3.57. The van der Waals surface area contributed by atoms with Crippen LogP contribution in [0.4, 0.5) is 5.69 Å². The molecule has 1 fully saturated rings. The minimum atomic E-state index is 0.834. The normalized spacial score (nSPS) is 18.9. The largest absolute Gasteiger partial charge is 0.374 e. The molecule has 2 heteroatoms. The van der Waals surface area contributed by atoms with Crippen LogP contribution in [-0.2, 0) is 12.8 Å². The molecule has 0 unspecified atom stereocenters. The zero-order valence-corrected chi connectivity index (χ0v) is 10.00. The van der Waals surface area contributed by atoms with Crippen LogP contribution in [0.2, 0.25) is 0 Å². The Morgan fingerprint density at radius 1 is 1.38 bits per heavy atom. The minimum absolute atomic E-state index is 0.834. The predicted octanol–water partition coefficient (Wildman–Crippen LogP) is 1.97. The highest BCUT2D eigenvalue weighted by atomic mass is 15.1. The average molecular weight is 216 g/mol. The minimum Gasteiger partial charge on any atom is -0.374 e. The maximum Gasteiger partial charge on any atom is 0.0397 e. The third-order valence-corrected chi connectivity index (χ3v) is 3.70. The van der Waals surface area contributed by atoms with Gasteiger partial charge in [0.1, 0.15) is 0 Å². The van der Waals surface area contributed by atoms with Crippen LogP contribution in [0.5, 0.6) is 0 Å². The van der Waals surface area contributed by atoms with Gasteiger partial charge in [0.05, 0.1) is 0 Å². The van der Waals surface area contributed by atoms with E-state index in [9.17, 15) is 0 Å². The molecule has 0 saturated heterocycles. The standard InChI is InChI=1S/C14H20N2/c1-16-9-7-12-10-11(2-5-14(12)16)6-8-15-13-3-4-13/h2,5,10,13,15H,3-4,6-9H2,1H3. The molecule has 1 heterocycles. The van der Waals surface area contributed by atoms with E-state index in [1.54, 1.807) is 0 Å². The Labute approximate surface area is 97.6 Å². The molecule has 1 aromatic carbocycles. The summed E-state index contributed by atoms with van der Waals surface area (Å²) in [6, 6.07) is 7.80. The van der Waals surface area contributed by atoms with Gasteiger partial charge in [-0.3, -0.25) is 0 Å². The topological polar surface area (TPSA) is 15.3 Å². The summed E-state index contributed by atoms with van der Waals surface area (Å²) in [5.74, 6) is 0. The molecule has 0 spiro atoms. The number of hydrogen-bond donors (Lipinski definition) is 1. The van der Waals surface area contributed by atoms with E-state index in [2.05, 4.69) is 35.5 Å². The smallest absolute Gasteiger partial charge is 0.0397 e. The van der Waals surface area contributed by atoms with Gasteiger partial charge in [-0.1, -0.05) is 12.1 Å². The van der Waals surface area contributed by atoms with Gasteiger partial charge in [0.25, 0.3) is 0 Å². The number of hydrogen-bond acceptors (Lipinski definition) is 2. The highest BCUT2D eigenvalue weighted by Gasteiger charge is 2.20. The van der Waals surface area contributed by atoms with Crippen LogP contribution < -0.4 is 10.2 Å². The van der Waals surface area contributed by atoms with Gasteiger partial charge in [0.2, 0.25) is 0 Å². The van der Waals surface area contributed by atoms with E-state index < -0.39 is 0 Å². The number of nitrogens with one attached hydrogen (secondary N) is 1. The van der Waals surface area contributed by atoms with Crippen molar-refractivity contribution in [2.45, 2.75) is 31.7 Å². The maximum absolute atomic E-state index is 3.57. The van der Waals surface area contributed by atoms with Crippen LogP contribution in [0.25, 0.3) is 0 Å². The molecular formula is C14H20N2. The van der Waals surface area contributed by atoms with Gasteiger partial charge in [0.15, 0.2) is 0 Å². The molecular weight excluding hydrogens is 196 g/mol. The van der Waals surface area contributed by atoms with Crippen molar-refractivity contribution in [3.63, 3.8) is 0 Å². The van der Waals surface area contributed by atoms with E-state index in [-0.39, 0.29) is 0 Å². The van der Waals surface area contributed by atoms with Crippen molar-refractivity contribution >= 4 is 5.69 Å². The Morgan fingerprint density at radius 3 is 3.06 bits per heavy atom. The average Bonchev–Trinajstić information content (AvgIpc) is 3.04. The van der Waals surface area contributed by atoms with Crippen molar-refractivity contribution in [3.8, 4) is 0 Å². The van der Waals surface area contributed by atoms with Crippen LogP contribution in [-0.4, -0.2) is 26.2 Å². The first kappa shape index (κ1) is 10.2. The monoisotopic (exact) mass is 216 g/mol. The lowest BCUT2D eigenvalue weighted by atomic mass is 10.1. The summed E-state index contributed by atoms with van der Waals surface area (Å²) in [7, 11) is 2.18. The van der Waals surface area contributed by atoms with Crippen molar-refractivity contribution in [1.29, 1.82) is 0 Å². The molecule has 2 aliphatic rings. The summed E-state index contributed by atoms with van der Waals surface area (Å²) >= 11 is 0. The predicted molar refractivity (Wildman–Crippen MR) is 68.1 cm³/mol. The molecule has 1 aliphatic carbocycles. The molecule has 0 bridgehead atoms. The molecule has 0 radical (unpaired) electrons. The molecule has 0 aromatic heterocycles. The molecule has 1 N–H and O–H groups in total. The summed E-state index contributed by atoms with van der Waals surface area (Å²) in [4.78, 5) is 2.35. The Balaban J connectivity index is 1.62. The fraction of sp³-hybridized carbons (Fsp3) is 0.571. The summed E-state index contributed by atoms with van der Waals surface area (Å²) < 4.78 is 0. The van der Waals surface area contributed by atoms with E-state index in [1.165, 1.54) is 49.0 Å². The third-order valence-electron chi connectivity index (χ3n) is 3.70. The van der Waals surface area contributed by atoms with Crippen LogP contribution in [0, 0.1) is 0 Å². The number of likely N-dealkylation sites (N-methyl/N-ethyl adjacent to an activating group) is 1. The van der Waals surface area contributed by atoms with Crippen molar-refractivity contribution in [2.24, 2.45) is 0 Å². The summed E-state index contributed by atoms with van der Waals surface area (Å²) in [5, 5.41) is 3.57. The SMILES string of the molecule is CN1CCc2cc(CCNC3CC3)ccc21. The number of rotatable bonds is 4. The highest BCUT2D eigenvalue weighted by molar-refractivity contribution is 5.58. The molecule has 1 aromatic rings. The van der Waals surface area contributed by atoms with Crippen molar-refractivity contribution in [2.75, 3.05) is 25.0 Å². The molecule has 0 atom stereocenters. The van der Waals surface area contributed by atoms with E-state index in [1.807, 2.05) is 0 Å². The lowest BCUT2D eigenvalue weighted by Crippen LogP contribution is -2.19. The second-order valence-corrected chi connectivity index (χ2v) is 5.11. The highest BCUT2D eigenvalue weighted by Crippen LogP contribution is 2.27. The van der Waals surface area contributed by atoms with E-state index in [0.29, 0.717) is 0 Å². The van der Waals surface area contributed by atoms with Crippen molar-refractivity contribution in [3.05, 3.63) is 29.3 Å². The summed E-state index contributed by atoms with van der Waals surface area (Å²) in [6.07, 6.45) is 5.16. The number of benzene rings is 1. The number of fused-ring (bicyclic) bond motifs is 1. The van der Waals surface area contributed by atoms with Crippen LogP contribution >= 0.6 is 0 Å². The molecule has 86 valence electrons. The number of nitrogens with zero attached hydrogens (tertiary/aromatic N) is 1. The van der Waals surface area contributed by atoms with Gasteiger partial charge < -0.3 is 10.2 Å². The van der Waals surface area contributed by atoms with Gasteiger partial charge in [-0.2, -0.15) is 0 Å². The van der Waals surface area contributed by atoms with Gasteiger partial charge in [-0.05, 0) is 49.4 Å². The Bertz CT molecular complexity index is 382. The Morgan fingerprint density at radius 2 is 2.25 bits per heavy atom. The zero-order chi connectivity index (χ0) is 11.0. The molecule has 2 nitrogen and oxygen atoms in total.